The van der Waals surface area contributed by atoms with E-state index >= 15 is 0 Å². The SMILES string of the molecule is C=CC(=O)N1[C@@H]2CC[C@H]1CC(N)C2. The third-order valence-electron chi connectivity index (χ3n) is 3.20. The maximum Gasteiger partial charge on any atom is 0.246 e. The highest BCUT2D eigenvalue weighted by Crippen LogP contribution is 2.34. The van der Waals surface area contributed by atoms with Crippen LogP contribution < -0.4 is 5.73 Å². The van der Waals surface area contributed by atoms with Gasteiger partial charge in [-0.1, -0.05) is 6.58 Å². The summed E-state index contributed by atoms with van der Waals surface area (Å²) in [6, 6.07) is 1.07. The molecule has 0 aliphatic carbocycles. The van der Waals surface area contributed by atoms with Gasteiger partial charge in [-0.05, 0) is 31.8 Å². The second-order valence-electron chi connectivity index (χ2n) is 4.07. The van der Waals surface area contributed by atoms with Gasteiger partial charge in [0.1, 0.15) is 0 Å². The third kappa shape index (κ3) is 1.37. The maximum absolute atomic E-state index is 11.5. The van der Waals surface area contributed by atoms with E-state index in [1.807, 2.05) is 4.90 Å². The molecule has 13 heavy (non-hydrogen) atoms. The molecule has 2 aliphatic heterocycles. The molecule has 0 radical (unpaired) electrons. The first kappa shape index (κ1) is 8.75. The summed E-state index contributed by atoms with van der Waals surface area (Å²) in [4.78, 5) is 13.5. The molecule has 1 unspecified atom stereocenters. The number of hydrogen-bond donors (Lipinski definition) is 1. The summed E-state index contributed by atoms with van der Waals surface area (Å²) in [5.41, 5.74) is 5.90. The highest BCUT2D eigenvalue weighted by Gasteiger charge is 2.41. The standard InChI is InChI=1S/C10H16N2O/c1-2-10(13)12-8-3-4-9(12)6-7(11)5-8/h2,7-9H,1,3-6,11H2/t7?,8-,9+. The molecule has 3 atom stereocenters. The molecular formula is C10H16N2O. The normalized spacial score (nSPS) is 37.6. The van der Waals surface area contributed by atoms with Gasteiger partial charge in [-0.3, -0.25) is 4.79 Å². The number of carbonyl (C=O) groups is 1. The van der Waals surface area contributed by atoms with Gasteiger partial charge in [0, 0.05) is 18.1 Å². The molecule has 0 aromatic heterocycles. The molecule has 0 saturated carbocycles. The van der Waals surface area contributed by atoms with Gasteiger partial charge in [0.05, 0.1) is 0 Å². The van der Waals surface area contributed by atoms with Crippen molar-refractivity contribution < 1.29 is 4.79 Å². The van der Waals surface area contributed by atoms with Gasteiger partial charge in [-0.15, -0.1) is 0 Å². The number of nitrogens with two attached hydrogens (primary N) is 1. The maximum atomic E-state index is 11.5. The second-order valence-corrected chi connectivity index (χ2v) is 4.07. The summed E-state index contributed by atoms with van der Waals surface area (Å²) in [6.07, 6.45) is 5.60. The summed E-state index contributed by atoms with van der Waals surface area (Å²) in [5, 5.41) is 0. The Morgan fingerprint density at radius 2 is 1.92 bits per heavy atom. The van der Waals surface area contributed by atoms with Crippen LogP contribution in [0.1, 0.15) is 25.7 Å². The Bertz CT molecular complexity index is 225. The highest BCUT2D eigenvalue weighted by atomic mass is 16.2. The van der Waals surface area contributed by atoms with Crippen LogP contribution in [0.15, 0.2) is 12.7 Å². The number of carbonyl (C=O) groups excluding carboxylic acids is 1. The van der Waals surface area contributed by atoms with E-state index in [9.17, 15) is 4.79 Å². The van der Waals surface area contributed by atoms with E-state index < -0.39 is 0 Å². The van der Waals surface area contributed by atoms with E-state index in [1.54, 1.807) is 0 Å². The molecule has 2 heterocycles. The Balaban J connectivity index is 2.14. The molecule has 2 N–H and O–H groups in total. The predicted molar refractivity (Wildman–Crippen MR) is 51.1 cm³/mol. The van der Waals surface area contributed by atoms with E-state index in [2.05, 4.69) is 6.58 Å². The average molecular weight is 180 g/mol. The van der Waals surface area contributed by atoms with Gasteiger partial charge in [-0.25, -0.2) is 0 Å². The van der Waals surface area contributed by atoms with E-state index in [4.69, 9.17) is 5.73 Å². The fourth-order valence-electron chi connectivity index (χ4n) is 2.68. The molecule has 2 fully saturated rings. The Morgan fingerprint density at radius 1 is 1.38 bits per heavy atom. The number of rotatable bonds is 1. The van der Waals surface area contributed by atoms with Gasteiger partial charge in [0.2, 0.25) is 5.91 Å². The molecule has 0 aromatic carbocycles. The number of amides is 1. The summed E-state index contributed by atoms with van der Waals surface area (Å²) in [6.45, 7) is 3.53. The fraction of sp³-hybridized carbons (Fsp3) is 0.700. The van der Waals surface area contributed by atoms with Crippen molar-refractivity contribution in [3.63, 3.8) is 0 Å². The van der Waals surface area contributed by atoms with Crippen molar-refractivity contribution in [2.24, 2.45) is 5.73 Å². The van der Waals surface area contributed by atoms with Crippen molar-refractivity contribution in [1.29, 1.82) is 0 Å². The quantitative estimate of drug-likeness (QED) is 0.602. The third-order valence-corrected chi connectivity index (χ3v) is 3.20. The molecule has 3 nitrogen and oxygen atoms in total. The number of piperidine rings is 1. The van der Waals surface area contributed by atoms with Crippen molar-refractivity contribution in [3.05, 3.63) is 12.7 Å². The molecule has 2 aliphatic rings. The Kier molecular flexibility index (Phi) is 2.12. The van der Waals surface area contributed by atoms with Gasteiger partial charge in [0.25, 0.3) is 0 Å². The molecule has 3 heteroatoms. The van der Waals surface area contributed by atoms with Crippen LogP contribution in [0.25, 0.3) is 0 Å². The minimum Gasteiger partial charge on any atom is -0.333 e. The van der Waals surface area contributed by atoms with Crippen molar-refractivity contribution in [2.75, 3.05) is 0 Å². The number of hydrogen-bond acceptors (Lipinski definition) is 2. The van der Waals surface area contributed by atoms with Crippen LogP contribution in [0.4, 0.5) is 0 Å². The zero-order valence-corrected chi connectivity index (χ0v) is 7.78. The van der Waals surface area contributed by atoms with Crippen molar-refractivity contribution in [1.82, 2.24) is 4.90 Å². The van der Waals surface area contributed by atoms with E-state index in [1.165, 1.54) is 6.08 Å². The minimum absolute atomic E-state index is 0.0828. The molecular weight excluding hydrogens is 164 g/mol. The van der Waals surface area contributed by atoms with Crippen LogP contribution in [0.2, 0.25) is 0 Å². The smallest absolute Gasteiger partial charge is 0.246 e. The van der Waals surface area contributed by atoms with Crippen LogP contribution >= 0.6 is 0 Å². The van der Waals surface area contributed by atoms with Crippen LogP contribution in [0.3, 0.4) is 0 Å². The Morgan fingerprint density at radius 3 is 2.38 bits per heavy atom. The summed E-state index contributed by atoms with van der Waals surface area (Å²) >= 11 is 0. The monoisotopic (exact) mass is 180 g/mol. The zero-order valence-electron chi connectivity index (χ0n) is 7.78. The molecule has 1 amide bonds. The molecule has 0 aromatic rings. The molecule has 72 valence electrons. The minimum atomic E-state index is 0.0828. The predicted octanol–water partition coefficient (Wildman–Crippen LogP) is 0.653. The summed E-state index contributed by atoms with van der Waals surface area (Å²) in [7, 11) is 0. The second kappa shape index (κ2) is 3.14. The largest absolute Gasteiger partial charge is 0.333 e. The lowest BCUT2D eigenvalue weighted by Gasteiger charge is -2.37. The van der Waals surface area contributed by atoms with Gasteiger partial charge < -0.3 is 10.6 Å². The lowest BCUT2D eigenvalue weighted by Crippen LogP contribution is -2.49. The van der Waals surface area contributed by atoms with Gasteiger partial charge in [0.15, 0.2) is 0 Å². The van der Waals surface area contributed by atoms with Crippen molar-refractivity contribution in [3.8, 4) is 0 Å². The topological polar surface area (TPSA) is 46.3 Å². The summed E-state index contributed by atoms with van der Waals surface area (Å²) in [5.74, 6) is 0.0828. The van der Waals surface area contributed by atoms with Crippen LogP contribution in [0, 0.1) is 0 Å². The first-order valence-corrected chi connectivity index (χ1v) is 4.92. The first-order valence-electron chi connectivity index (χ1n) is 4.92. The molecule has 2 saturated heterocycles. The van der Waals surface area contributed by atoms with Crippen LogP contribution in [0.5, 0.6) is 0 Å². The van der Waals surface area contributed by atoms with E-state index in [-0.39, 0.29) is 5.91 Å². The van der Waals surface area contributed by atoms with Crippen LogP contribution in [-0.2, 0) is 4.79 Å². The van der Waals surface area contributed by atoms with Gasteiger partial charge in [-0.2, -0.15) is 0 Å². The van der Waals surface area contributed by atoms with Crippen molar-refractivity contribution in [2.45, 2.75) is 43.8 Å². The fourth-order valence-corrected chi connectivity index (χ4v) is 2.68. The van der Waals surface area contributed by atoms with E-state index in [0.29, 0.717) is 18.1 Å². The van der Waals surface area contributed by atoms with Crippen molar-refractivity contribution >= 4 is 5.91 Å². The number of fused-ring (bicyclic) bond motifs is 2. The Labute approximate surface area is 78.6 Å². The summed E-state index contributed by atoms with van der Waals surface area (Å²) < 4.78 is 0. The lowest BCUT2D eigenvalue weighted by molar-refractivity contribution is -0.130. The van der Waals surface area contributed by atoms with Gasteiger partial charge >= 0.3 is 0 Å². The molecule has 2 bridgehead atoms. The lowest BCUT2D eigenvalue weighted by atomic mass is 9.98. The van der Waals surface area contributed by atoms with E-state index in [0.717, 1.165) is 25.7 Å². The Hall–Kier alpha value is -0.830. The zero-order chi connectivity index (χ0) is 9.42. The molecule has 2 rings (SSSR count). The van der Waals surface area contributed by atoms with Crippen LogP contribution in [-0.4, -0.2) is 28.9 Å². The number of nitrogens with zero attached hydrogens (tertiary/aromatic N) is 1. The first-order chi connectivity index (χ1) is 6.22. The highest BCUT2D eigenvalue weighted by molar-refractivity contribution is 5.87. The molecule has 0 spiro atoms. The average Bonchev–Trinajstić information content (AvgIpc) is 2.37.